The number of hydrogen-bond donors (Lipinski definition) is 8. The molecule has 0 saturated carbocycles. The minimum absolute atomic E-state index is 0.248. The quantitative estimate of drug-likeness (QED) is 0.0215. The lowest BCUT2D eigenvalue weighted by atomic mass is 9.98. The molecule has 1 saturated heterocycles. The molecule has 0 aromatic carbocycles. The van der Waals surface area contributed by atoms with Gasteiger partial charge in [0.05, 0.1) is 25.4 Å². The molecule has 1 amide bonds. The van der Waals surface area contributed by atoms with Crippen molar-refractivity contribution in [3.63, 3.8) is 0 Å². The maximum absolute atomic E-state index is 13.2. The number of carbonyl (C=O) groups excluding carboxylic acids is 1. The first-order valence-electron chi connectivity index (χ1n) is 28.7. The van der Waals surface area contributed by atoms with Crippen LogP contribution in [0.5, 0.6) is 0 Å². The third-order valence-corrected chi connectivity index (χ3v) is 14.0. The van der Waals surface area contributed by atoms with Crippen LogP contribution in [-0.2, 0) is 14.3 Å². The van der Waals surface area contributed by atoms with Crippen LogP contribution in [0.15, 0.2) is 24.3 Å². The number of amides is 1. The predicted molar refractivity (Wildman–Crippen MR) is 279 cm³/mol. The van der Waals surface area contributed by atoms with E-state index < -0.39 is 74.2 Å². The summed E-state index contributed by atoms with van der Waals surface area (Å²) < 4.78 is 11.1. The molecular weight excluding hydrogens is 859 g/mol. The van der Waals surface area contributed by atoms with Crippen molar-refractivity contribution in [2.75, 3.05) is 13.2 Å². The van der Waals surface area contributed by atoms with Gasteiger partial charge in [-0.15, -0.1) is 0 Å². The van der Waals surface area contributed by atoms with Crippen molar-refractivity contribution in [1.82, 2.24) is 5.32 Å². The van der Waals surface area contributed by atoms with E-state index in [-0.39, 0.29) is 12.8 Å². The van der Waals surface area contributed by atoms with Gasteiger partial charge >= 0.3 is 0 Å². The molecule has 1 aliphatic heterocycles. The van der Waals surface area contributed by atoms with Gasteiger partial charge in [-0.05, 0) is 64.2 Å². The number of allylic oxidation sites excluding steroid dienone is 4. The van der Waals surface area contributed by atoms with Crippen molar-refractivity contribution in [2.45, 2.75) is 319 Å². The number of rotatable bonds is 49. The van der Waals surface area contributed by atoms with Crippen LogP contribution in [0.4, 0.5) is 0 Å². The van der Waals surface area contributed by atoms with Crippen LogP contribution in [0.2, 0.25) is 0 Å². The van der Waals surface area contributed by atoms with Crippen LogP contribution in [0.25, 0.3) is 0 Å². The Labute approximate surface area is 416 Å². The fourth-order valence-electron chi connectivity index (χ4n) is 9.26. The number of nitrogens with one attached hydrogen (secondary N) is 1. The van der Waals surface area contributed by atoms with Crippen LogP contribution in [0.3, 0.4) is 0 Å². The van der Waals surface area contributed by atoms with Gasteiger partial charge in [0.25, 0.3) is 0 Å². The summed E-state index contributed by atoms with van der Waals surface area (Å²) in [6.45, 7) is 3.46. The molecule has 9 unspecified atom stereocenters. The third-order valence-electron chi connectivity index (χ3n) is 14.0. The maximum Gasteiger partial charge on any atom is 0.249 e. The average molecular weight is 968 g/mol. The standard InChI is InChI=1S/C57H109NO10/c1-3-5-7-9-11-13-15-17-19-21-23-24-25-27-29-31-33-35-37-39-41-43-45-50(61)56(66)58-48(47-67-57-55(65)54(64)53(63)51(46-59)68-57)52(62)49(60)44-42-40-38-36-34-32-30-28-26-22-20-18-16-14-12-10-8-6-4-2/h27,29,36,38,48-55,57,59-65H,3-26,28,30-35,37,39-47H2,1-2H3,(H,58,66)/b29-27-,38-36+. The Balaban J connectivity index is 2.34. The van der Waals surface area contributed by atoms with Gasteiger partial charge in [0.1, 0.15) is 36.6 Å². The smallest absolute Gasteiger partial charge is 0.249 e. The lowest BCUT2D eigenvalue weighted by Crippen LogP contribution is -2.60. The van der Waals surface area contributed by atoms with Gasteiger partial charge in [-0.3, -0.25) is 4.79 Å². The van der Waals surface area contributed by atoms with Crippen molar-refractivity contribution < 1.29 is 50.0 Å². The molecule has 1 heterocycles. The molecule has 0 aromatic rings. The summed E-state index contributed by atoms with van der Waals surface area (Å²) in [6.07, 6.45) is 43.7. The van der Waals surface area contributed by atoms with Gasteiger partial charge in [-0.25, -0.2) is 0 Å². The van der Waals surface area contributed by atoms with Gasteiger partial charge in [0.15, 0.2) is 6.29 Å². The molecule has 8 N–H and O–H groups in total. The van der Waals surface area contributed by atoms with Gasteiger partial charge in [0.2, 0.25) is 5.91 Å². The second-order valence-corrected chi connectivity index (χ2v) is 20.4. The summed E-state index contributed by atoms with van der Waals surface area (Å²) in [4.78, 5) is 13.2. The third kappa shape index (κ3) is 34.8. The zero-order valence-electron chi connectivity index (χ0n) is 43.9. The fourth-order valence-corrected chi connectivity index (χ4v) is 9.26. The minimum atomic E-state index is -1.67. The highest BCUT2D eigenvalue weighted by atomic mass is 16.7. The van der Waals surface area contributed by atoms with Gasteiger partial charge in [0, 0.05) is 0 Å². The van der Waals surface area contributed by atoms with E-state index in [1.807, 2.05) is 0 Å². The molecule has 0 aromatic heterocycles. The molecule has 9 atom stereocenters. The van der Waals surface area contributed by atoms with E-state index in [1.54, 1.807) is 0 Å². The molecule has 11 heteroatoms. The summed E-state index contributed by atoms with van der Waals surface area (Å²) in [7, 11) is 0. The SMILES string of the molecule is CCCCCCCCCCCCCC/C=C\CCCCCCCCC(O)C(=O)NC(COC1OC(CO)C(O)C(O)C1O)C(O)C(O)CCC/C=C/CCCCCCCCCCCCCCCC. The monoisotopic (exact) mass is 968 g/mol. The van der Waals surface area contributed by atoms with Crippen LogP contribution >= 0.6 is 0 Å². The Morgan fingerprint density at radius 2 is 0.868 bits per heavy atom. The molecule has 1 aliphatic rings. The van der Waals surface area contributed by atoms with Crippen molar-refractivity contribution >= 4 is 5.91 Å². The van der Waals surface area contributed by atoms with E-state index in [2.05, 4.69) is 43.5 Å². The number of unbranched alkanes of at least 4 members (excludes halogenated alkanes) is 33. The second kappa shape index (κ2) is 46.6. The summed E-state index contributed by atoms with van der Waals surface area (Å²) in [6, 6.07) is -1.19. The molecule has 11 nitrogen and oxygen atoms in total. The summed E-state index contributed by atoms with van der Waals surface area (Å²) >= 11 is 0. The van der Waals surface area contributed by atoms with E-state index in [0.717, 1.165) is 57.8 Å². The normalized spacial score (nSPS) is 20.6. The van der Waals surface area contributed by atoms with Gasteiger partial charge in [-0.2, -0.15) is 0 Å². The Kier molecular flexibility index (Phi) is 44.3. The molecule has 0 spiro atoms. The number of aliphatic hydroxyl groups is 7. The number of hydrogen-bond acceptors (Lipinski definition) is 10. The summed E-state index contributed by atoms with van der Waals surface area (Å²) in [5.41, 5.74) is 0. The highest BCUT2D eigenvalue weighted by molar-refractivity contribution is 5.80. The van der Waals surface area contributed by atoms with Crippen molar-refractivity contribution in [2.24, 2.45) is 0 Å². The molecule has 68 heavy (non-hydrogen) atoms. The Bertz CT molecular complexity index is 1160. The van der Waals surface area contributed by atoms with Crippen LogP contribution < -0.4 is 5.32 Å². The molecule has 0 radical (unpaired) electrons. The van der Waals surface area contributed by atoms with Crippen LogP contribution in [-0.4, -0.2) is 110 Å². The first-order valence-corrected chi connectivity index (χ1v) is 28.7. The largest absolute Gasteiger partial charge is 0.394 e. The zero-order valence-corrected chi connectivity index (χ0v) is 43.9. The molecule has 402 valence electrons. The van der Waals surface area contributed by atoms with Gasteiger partial charge in [-0.1, -0.05) is 224 Å². The lowest BCUT2D eigenvalue weighted by Gasteiger charge is -2.40. The minimum Gasteiger partial charge on any atom is -0.394 e. The first-order chi connectivity index (χ1) is 33.2. The fraction of sp³-hybridized carbons (Fsp3) is 0.912. The topological polar surface area (TPSA) is 189 Å². The molecule has 0 aliphatic carbocycles. The zero-order chi connectivity index (χ0) is 49.7. The van der Waals surface area contributed by atoms with E-state index >= 15 is 0 Å². The van der Waals surface area contributed by atoms with E-state index in [4.69, 9.17) is 9.47 Å². The van der Waals surface area contributed by atoms with Crippen molar-refractivity contribution in [3.8, 4) is 0 Å². The predicted octanol–water partition coefficient (Wildman–Crippen LogP) is 11.7. The maximum atomic E-state index is 13.2. The Morgan fingerprint density at radius 3 is 1.26 bits per heavy atom. The molecule has 1 rings (SSSR count). The summed E-state index contributed by atoms with van der Waals surface area (Å²) in [5.74, 6) is -0.708. The van der Waals surface area contributed by atoms with E-state index in [0.29, 0.717) is 12.8 Å². The highest BCUT2D eigenvalue weighted by Gasteiger charge is 2.44. The van der Waals surface area contributed by atoms with E-state index in [1.165, 1.54) is 167 Å². The first kappa shape index (κ1) is 64.6. The Morgan fingerprint density at radius 1 is 0.500 bits per heavy atom. The average Bonchev–Trinajstić information content (AvgIpc) is 3.34. The second-order valence-electron chi connectivity index (χ2n) is 20.4. The molecular formula is C57H109NO10. The lowest BCUT2D eigenvalue weighted by molar-refractivity contribution is -0.303. The van der Waals surface area contributed by atoms with E-state index in [9.17, 15) is 40.5 Å². The number of carbonyl (C=O) groups is 1. The van der Waals surface area contributed by atoms with Crippen molar-refractivity contribution in [3.05, 3.63) is 24.3 Å². The van der Waals surface area contributed by atoms with Gasteiger partial charge < -0.3 is 50.5 Å². The number of aliphatic hydroxyl groups excluding tert-OH is 7. The van der Waals surface area contributed by atoms with Crippen LogP contribution in [0.1, 0.15) is 264 Å². The summed E-state index contributed by atoms with van der Waals surface area (Å²) in [5, 5.41) is 76.1. The Hall–Kier alpha value is -1.41. The molecule has 0 bridgehead atoms. The molecule has 1 fully saturated rings. The highest BCUT2D eigenvalue weighted by Crippen LogP contribution is 2.23. The number of ether oxygens (including phenoxy) is 2. The van der Waals surface area contributed by atoms with Crippen molar-refractivity contribution in [1.29, 1.82) is 0 Å². The van der Waals surface area contributed by atoms with Crippen LogP contribution in [0, 0.1) is 0 Å².